The van der Waals surface area contributed by atoms with Crippen molar-refractivity contribution in [1.82, 2.24) is 30.0 Å². The molecule has 4 rings (SSSR count). The number of nitrogens with one attached hydrogen (secondary N) is 2. The molecule has 4 aromatic heterocycles. The van der Waals surface area contributed by atoms with Crippen molar-refractivity contribution in [3.8, 4) is 0 Å². The van der Waals surface area contributed by atoms with E-state index in [1.807, 2.05) is 12.3 Å². The van der Waals surface area contributed by atoms with Crippen molar-refractivity contribution < 1.29 is 13.2 Å². The van der Waals surface area contributed by atoms with Gasteiger partial charge in [0.2, 0.25) is 0 Å². The van der Waals surface area contributed by atoms with Crippen LogP contribution < -0.4 is 10.9 Å². The fourth-order valence-electron chi connectivity index (χ4n) is 3.17. The summed E-state index contributed by atoms with van der Waals surface area (Å²) in [5, 5.41) is 9.90. The van der Waals surface area contributed by atoms with Gasteiger partial charge in [-0.15, -0.1) is 22.7 Å². The Morgan fingerprint density at radius 1 is 1.30 bits per heavy atom. The first-order valence-electron chi connectivity index (χ1n) is 9.08. The van der Waals surface area contributed by atoms with Crippen molar-refractivity contribution in [3.05, 3.63) is 61.7 Å². The standard InChI is InChI=1S/C18H17F3N6OS2/c1-2-12(13-5-11-16(28)24-9-25-17(11)30-13)27-8-10(15(26-27)18(19,20)21)6-22-7-14-23-3-4-29-14/h3-5,8-9,12,22H,2,6-7H2,1H3,(H,24,25,28). The molecule has 4 aromatic rings. The highest BCUT2D eigenvalue weighted by atomic mass is 32.1. The van der Waals surface area contributed by atoms with Gasteiger partial charge in [0.15, 0.2) is 5.69 Å². The maximum atomic E-state index is 13.6. The monoisotopic (exact) mass is 454 g/mol. The van der Waals surface area contributed by atoms with E-state index in [0.29, 0.717) is 23.2 Å². The quantitative estimate of drug-likeness (QED) is 0.442. The zero-order valence-electron chi connectivity index (χ0n) is 15.7. The molecular formula is C18H17F3N6OS2. The van der Waals surface area contributed by atoms with E-state index in [9.17, 15) is 18.0 Å². The molecule has 0 saturated carbocycles. The molecule has 7 nitrogen and oxygen atoms in total. The molecule has 0 spiro atoms. The van der Waals surface area contributed by atoms with Gasteiger partial charge in [-0.05, 0) is 12.5 Å². The van der Waals surface area contributed by atoms with Crippen LogP contribution in [0.4, 0.5) is 13.2 Å². The molecule has 0 aliphatic carbocycles. The predicted octanol–water partition coefficient (Wildman–Crippen LogP) is 3.95. The zero-order valence-corrected chi connectivity index (χ0v) is 17.4. The number of hydrogen-bond acceptors (Lipinski definition) is 7. The molecule has 12 heteroatoms. The van der Waals surface area contributed by atoms with Crippen LogP contribution in [0.1, 0.15) is 40.5 Å². The van der Waals surface area contributed by atoms with Crippen LogP contribution in [0.2, 0.25) is 0 Å². The first-order chi connectivity index (χ1) is 14.4. The van der Waals surface area contributed by atoms with Crippen LogP contribution in [0.5, 0.6) is 0 Å². The molecule has 1 atom stereocenters. The Bertz CT molecular complexity index is 1190. The summed E-state index contributed by atoms with van der Waals surface area (Å²) in [4.78, 5) is 24.0. The summed E-state index contributed by atoms with van der Waals surface area (Å²) in [5.41, 5.74) is -1.12. The van der Waals surface area contributed by atoms with Crippen LogP contribution in [-0.2, 0) is 19.3 Å². The number of H-pyrrole nitrogens is 1. The van der Waals surface area contributed by atoms with Gasteiger partial charge in [-0.3, -0.25) is 9.48 Å². The molecule has 0 radical (unpaired) electrons. The fourth-order valence-corrected chi connectivity index (χ4v) is 4.93. The highest BCUT2D eigenvalue weighted by molar-refractivity contribution is 7.18. The van der Waals surface area contributed by atoms with E-state index in [-0.39, 0.29) is 17.7 Å². The summed E-state index contributed by atoms with van der Waals surface area (Å²) < 4.78 is 42.1. The normalized spacial score (nSPS) is 13.2. The Balaban J connectivity index is 1.65. The lowest BCUT2D eigenvalue weighted by Gasteiger charge is -2.13. The van der Waals surface area contributed by atoms with Gasteiger partial charge in [-0.25, -0.2) is 9.97 Å². The molecule has 0 aliphatic heterocycles. The molecule has 0 fully saturated rings. The van der Waals surface area contributed by atoms with Crippen molar-refractivity contribution >= 4 is 32.9 Å². The smallest absolute Gasteiger partial charge is 0.313 e. The van der Waals surface area contributed by atoms with E-state index in [1.165, 1.54) is 39.9 Å². The van der Waals surface area contributed by atoms with Gasteiger partial charge in [0.1, 0.15) is 9.84 Å². The number of hydrogen-bond donors (Lipinski definition) is 2. The summed E-state index contributed by atoms with van der Waals surface area (Å²) in [6, 6.07) is 1.24. The van der Waals surface area contributed by atoms with Crippen LogP contribution in [-0.4, -0.2) is 24.7 Å². The molecule has 0 amide bonds. The number of halogens is 3. The lowest BCUT2D eigenvalue weighted by molar-refractivity contribution is -0.142. The van der Waals surface area contributed by atoms with Crippen LogP contribution in [0.15, 0.2) is 35.0 Å². The summed E-state index contributed by atoms with van der Waals surface area (Å²) in [5.74, 6) is 0. The molecule has 1 unspecified atom stereocenters. The molecule has 2 N–H and O–H groups in total. The third-order valence-corrected chi connectivity index (χ3v) is 6.46. The lowest BCUT2D eigenvalue weighted by Crippen LogP contribution is -2.16. The van der Waals surface area contributed by atoms with Crippen LogP contribution in [0.25, 0.3) is 10.2 Å². The Morgan fingerprint density at radius 3 is 2.80 bits per heavy atom. The molecule has 158 valence electrons. The van der Waals surface area contributed by atoms with Crippen molar-refractivity contribution in [2.75, 3.05) is 0 Å². The van der Waals surface area contributed by atoms with E-state index in [1.54, 1.807) is 12.3 Å². The van der Waals surface area contributed by atoms with Crippen LogP contribution in [0, 0.1) is 0 Å². The maximum absolute atomic E-state index is 13.6. The summed E-state index contributed by atoms with van der Waals surface area (Å²) in [6.45, 7) is 2.25. The zero-order chi connectivity index (χ0) is 21.3. The minimum absolute atomic E-state index is 0.0124. The Hall–Kier alpha value is -2.57. The van der Waals surface area contributed by atoms with E-state index in [0.717, 1.165) is 9.88 Å². The van der Waals surface area contributed by atoms with E-state index < -0.39 is 17.9 Å². The van der Waals surface area contributed by atoms with Crippen molar-refractivity contribution in [1.29, 1.82) is 0 Å². The second-order valence-corrected chi connectivity index (χ2v) is 8.57. The number of alkyl halides is 3. The van der Waals surface area contributed by atoms with Gasteiger partial charge in [-0.2, -0.15) is 18.3 Å². The highest BCUT2D eigenvalue weighted by Crippen LogP contribution is 2.35. The molecule has 0 bridgehead atoms. The average molecular weight is 455 g/mol. The summed E-state index contributed by atoms with van der Waals surface area (Å²) >= 11 is 2.71. The van der Waals surface area contributed by atoms with E-state index in [2.05, 4.69) is 25.4 Å². The van der Waals surface area contributed by atoms with Crippen molar-refractivity contribution in [2.45, 2.75) is 38.7 Å². The largest absolute Gasteiger partial charge is 0.435 e. The lowest BCUT2D eigenvalue weighted by atomic mass is 10.2. The second kappa shape index (κ2) is 8.28. The van der Waals surface area contributed by atoms with Crippen molar-refractivity contribution in [3.63, 3.8) is 0 Å². The average Bonchev–Trinajstić information content (AvgIpc) is 3.42. The first-order valence-corrected chi connectivity index (χ1v) is 10.8. The summed E-state index contributed by atoms with van der Waals surface area (Å²) in [6.07, 6.45) is 0.329. The fraction of sp³-hybridized carbons (Fsp3) is 0.333. The Labute approximate surface area is 176 Å². The number of nitrogens with zero attached hydrogens (tertiary/aromatic N) is 4. The number of thiazole rings is 1. The first kappa shape index (κ1) is 20.7. The third-order valence-electron chi connectivity index (χ3n) is 4.54. The summed E-state index contributed by atoms with van der Waals surface area (Å²) in [7, 11) is 0. The SMILES string of the molecule is CCC(c1cc2c(=O)[nH]cnc2s1)n1cc(CNCc2nccs2)c(C(F)(F)F)n1. The number of rotatable bonds is 7. The number of aromatic nitrogens is 5. The van der Waals surface area contributed by atoms with Gasteiger partial charge in [0, 0.05) is 41.3 Å². The maximum Gasteiger partial charge on any atom is 0.435 e. The number of fused-ring (bicyclic) bond motifs is 1. The minimum Gasteiger partial charge on any atom is -0.313 e. The Kier molecular flexibility index (Phi) is 5.71. The van der Waals surface area contributed by atoms with Crippen molar-refractivity contribution in [2.24, 2.45) is 0 Å². The highest BCUT2D eigenvalue weighted by Gasteiger charge is 2.37. The predicted molar refractivity (Wildman–Crippen MR) is 109 cm³/mol. The second-order valence-electron chi connectivity index (χ2n) is 6.53. The van der Waals surface area contributed by atoms with Crippen LogP contribution >= 0.6 is 22.7 Å². The topological polar surface area (TPSA) is 88.5 Å². The minimum atomic E-state index is -4.57. The van der Waals surface area contributed by atoms with Gasteiger partial charge in [-0.1, -0.05) is 6.92 Å². The molecule has 0 aromatic carbocycles. The van der Waals surface area contributed by atoms with Gasteiger partial charge in [0.25, 0.3) is 5.56 Å². The van der Waals surface area contributed by atoms with E-state index >= 15 is 0 Å². The molecule has 0 aliphatic rings. The van der Waals surface area contributed by atoms with Crippen LogP contribution in [0.3, 0.4) is 0 Å². The van der Waals surface area contributed by atoms with E-state index in [4.69, 9.17) is 0 Å². The molecular weight excluding hydrogens is 437 g/mol. The van der Waals surface area contributed by atoms with Gasteiger partial charge in [0.05, 0.1) is 17.8 Å². The Morgan fingerprint density at radius 2 is 2.13 bits per heavy atom. The van der Waals surface area contributed by atoms with Gasteiger partial charge >= 0.3 is 6.18 Å². The number of thiophene rings is 1. The molecule has 0 saturated heterocycles. The number of aromatic amines is 1. The van der Waals surface area contributed by atoms with Gasteiger partial charge < -0.3 is 10.3 Å². The molecule has 4 heterocycles. The molecule has 30 heavy (non-hydrogen) atoms. The third kappa shape index (κ3) is 4.16.